The van der Waals surface area contributed by atoms with Crippen LogP contribution in [0.5, 0.6) is 0 Å². The molecule has 0 aliphatic carbocycles. The first kappa shape index (κ1) is 17.4. The molecular weight excluding hydrogens is 356 g/mol. The SMILES string of the molecule is Cc1ccc(-c2csc(C3=C(O)CN(Cc4cccnc4)C3=N)n2)cc1C. The predicted molar refractivity (Wildman–Crippen MR) is 109 cm³/mol. The summed E-state index contributed by atoms with van der Waals surface area (Å²) in [5, 5.41) is 21.6. The minimum absolute atomic E-state index is 0.199. The molecule has 0 atom stereocenters. The van der Waals surface area contributed by atoms with Gasteiger partial charge < -0.3 is 10.0 Å². The maximum atomic E-state index is 10.5. The number of aliphatic hydroxyl groups is 1. The van der Waals surface area contributed by atoms with Gasteiger partial charge in [0.2, 0.25) is 0 Å². The molecule has 2 N–H and O–H groups in total. The molecule has 0 saturated heterocycles. The summed E-state index contributed by atoms with van der Waals surface area (Å²) < 4.78 is 0. The fourth-order valence-electron chi connectivity index (χ4n) is 3.13. The van der Waals surface area contributed by atoms with Crippen LogP contribution in [0.1, 0.15) is 21.7 Å². The zero-order valence-electron chi connectivity index (χ0n) is 15.2. The number of aromatic nitrogens is 2. The second-order valence-electron chi connectivity index (χ2n) is 6.72. The molecule has 5 nitrogen and oxygen atoms in total. The summed E-state index contributed by atoms with van der Waals surface area (Å²) >= 11 is 1.46. The smallest absolute Gasteiger partial charge is 0.135 e. The Morgan fingerprint density at radius 1 is 1.22 bits per heavy atom. The van der Waals surface area contributed by atoms with Gasteiger partial charge in [-0.3, -0.25) is 10.4 Å². The van der Waals surface area contributed by atoms with Crippen molar-refractivity contribution >= 4 is 22.7 Å². The molecule has 3 aromatic rings. The van der Waals surface area contributed by atoms with Gasteiger partial charge in [0.1, 0.15) is 16.6 Å². The number of thiazole rings is 1. The van der Waals surface area contributed by atoms with Crippen LogP contribution in [-0.2, 0) is 6.54 Å². The highest BCUT2D eigenvalue weighted by Gasteiger charge is 2.30. The Balaban J connectivity index is 1.58. The van der Waals surface area contributed by atoms with E-state index in [2.05, 4.69) is 37.0 Å². The van der Waals surface area contributed by atoms with E-state index in [4.69, 9.17) is 10.4 Å². The van der Waals surface area contributed by atoms with Crippen LogP contribution in [0.2, 0.25) is 0 Å². The number of pyridine rings is 1. The van der Waals surface area contributed by atoms with Gasteiger partial charge in [0.05, 0.1) is 17.8 Å². The minimum atomic E-state index is 0.199. The molecule has 1 aromatic carbocycles. The van der Waals surface area contributed by atoms with E-state index in [-0.39, 0.29) is 5.76 Å². The maximum absolute atomic E-state index is 10.5. The van der Waals surface area contributed by atoms with E-state index in [1.165, 1.54) is 22.5 Å². The summed E-state index contributed by atoms with van der Waals surface area (Å²) in [4.78, 5) is 10.6. The zero-order chi connectivity index (χ0) is 19.0. The van der Waals surface area contributed by atoms with E-state index < -0.39 is 0 Å². The Labute approximate surface area is 162 Å². The van der Waals surface area contributed by atoms with E-state index in [1.54, 1.807) is 12.4 Å². The van der Waals surface area contributed by atoms with Crippen molar-refractivity contribution in [3.8, 4) is 11.3 Å². The van der Waals surface area contributed by atoms with Crippen molar-refractivity contribution in [1.82, 2.24) is 14.9 Å². The summed E-state index contributed by atoms with van der Waals surface area (Å²) in [7, 11) is 0. The summed E-state index contributed by atoms with van der Waals surface area (Å²) in [6, 6.07) is 10.1. The Morgan fingerprint density at radius 3 is 2.81 bits per heavy atom. The van der Waals surface area contributed by atoms with Crippen molar-refractivity contribution in [3.63, 3.8) is 0 Å². The third kappa shape index (κ3) is 3.36. The van der Waals surface area contributed by atoms with Gasteiger partial charge in [-0.1, -0.05) is 18.2 Å². The zero-order valence-corrected chi connectivity index (χ0v) is 16.0. The van der Waals surface area contributed by atoms with Gasteiger partial charge in [0, 0.05) is 29.9 Å². The van der Waals surface area contributed by atoms with E-state index in [1.807, 2.05) is 22.4 Å². The van der Waals surface area contributed by atoms with Crippen molar-refractivity contribution in [2.75, 3.05) is 6.54 Å². The van der Waals surface area contributed by atoms with Crippen molar-refractivity contribution in [2.45, 2.75) is 20.4 Å². The number of benzene rings is 1. The number of nitrogens with zero attached hydrogens (tertiary/aromatic N) is 3. The number of rotatable bonds is 4. The van der Waals surface area contributed by atoms with Gasteiger partial charge >= 0.3 is 0 Å². The molecule has 4 rings (SSSR count). The third-order valence-electron chi connectivity index (χ3n) is 4.80. The number of amidine groups is 1. The minimum Gasteiger partial charge on any atom is -0.510 e. The molecule has 2 aromatic heterocycles. The number of hydrogen-bond donors (Lipinski definition) is 2. The summed E-state index contributed by atoms with van der Waals surface area (Å²) in [5.41, 5.74) is 5.93. The van der Waals surface area contributed by atoms with Crippen LogP contribution in [0.15, 0.2) is 53.9 Å². The van der Waals surface area contributed by atoms with Gasteiger partial charge in [0.15, 0.2) is 0 Å². The fraction of sp³-hybridized carbons (Fsp3) is 0.190. The van der Waals surface area contributed by atoms with Gasteiger partial charge in [-0.25, -0.2) is 4.98 Å². The van der Waals surface area contributed by atoms with Crippen molar-refractivity contribution in [3.05, 3.63) is 75.6 Å². The Kier molecular flexibility index (Phi) is 4.49. The molecule has 0 fully saturated rings. The average Bonchev–Trinajstić information content (AvgIpc) is 3.23. The lowest BCUT2D eigenvalue weighted by Gasteiger charge is -2.18. The highest BCUT2D eigenvalue weighted by atomic mass is 32.1. The molecule has 1 aliphatic heterocycles. The molecule has 3 heterocycles. The largest absolute Gasteiger partial charge is 0.510 e. The number of hydrogen-bond acceptors (Lipinski definition) is 5. The highest BCUT2D eigenvalue weighted by molar-refractivity contribution is 7.11. The molecule has 1 aliphatic rings. The number of aliphatic hydroxyl groups excluding tert-OH is 1. The second-order valence-corrected chi connectivity index (χ2v) is 7.58. The molecular formula is C21H20N4OS. The standard InChI is InChI=1S/C21H20N4OS/c1-13-5-6-16(8-14(13)2)17-12-27-21(24-17)19-18(26)11-25(20(19)22)10-15-4-3-7-23-9-15/h3-9,12,22,26H,10-11H2,1-2H3. The Bertz CT molecular complexity index is 1040. The quantitative estimate of drug-likeness (QED) is 0.699. The highest BCUT2D eigenvalue weighted by Crippen LogP contribution is 2.33. The van der Waals surface area contributed by atoms with Crippen LogP contribution in [0, 0.1) is 19.3 Å². The van der Waals surface area contributed by atoms with Crippen molar-refractivity contribution in [1.29, 1.82) is 5.41 Å². The van der Waals surface area contributed by atoms with Gasteiger partial charge in [-0.15, -0.1) is 11.3 Å². The Hall–Kier alpha value is -2.99. The van der Waals surface area contributed by atoms with Gasteiger partial charge in [-0.2, -0.15) is 0 Å². The molecule has 0 amide bonds. The van der Waals surface area contributed by atoms with Crippen LogP contribution in [0.4, 0.5) is 0 Å². The van der Waals surface area contributed by atoms with E-state index >= 15 is 0 Å². The monoisotopic (exact) mass is 376 g/mol. The lowest BCUT2D eigenvalue weighted by molar-refractivity contribution is 0.347. The fourth-order valence-corrected chi connectivity index (χ4v) is 4.02. The molecule has 27 heavy (non-hydrogen) atoms. The summed E-state index contributed by atoms with van der Waals surface area (Å²) in [6.45, 7) is 5.03. The molecule has 0 unspecified atom stereocenters. The first-order chi connectivity index (χ1) is 13.0. The molecule has 0 saturated carbocycles. The molecule has 0 bridgehead atoms. The third-order valence-corrected chi connectivity index (χ3v) is 5.66. The lowest BCUT2D eigenvalue weighted by atomic mass is 10.1. The second kappa shape index (κ2) is 6.96. The normalized spacial score (nSPS) is 14.3. The maximum Gasteiger partial charge on any atom is 0.135 e. The number of nitrogens with one attached hydrogen (secondary N) is 1. The number of aryl methyl sites for hydroxylation is 2. The van der Waals surface area contributed by atoms with Crippen LogP contribution >= 0.6 is 11.3 Å². The van der Waals surface area contributed by atoms with Gasteiger partial charge in [-0.05, 0) is 42.7 Å². The van der Waals surface area contributed by atoms with Crippen molar-refractivity contribution in [2.24, 2.45) is 0 Å². The van der Waals surface area contributed by atoms with Crippen molar-refractivity contribution < 1.29 is 5.11 Å². The summed E-state index contributed by atoms with van der Waals surface area (Å²) in [6.07, 6.45) is 3.51. The Morgan fingerprint density at radius 2 is 2.07 bits per heavy atom. The van der Waals surface area contributed by atoms with Gasteiger partial charge in [0.25, 0.3) is 0 Å². The van der Waals surface area contributed by atoms with Crippen LogP contribution < -0.4 is 0 Å². The van der Waals surface area contributed by atoms with Crippen LogP contribution in [-0.4, -0.2) is 32.4 Å². The predicted octanol–water partition coefficient (Wildman–Crippen LogP) is 4.58. The van der Waals surface area contributed by atoms with E-state index in [9.17, 15) is 5.11 Å². The molecule has 0 radical (unpaired) electrons. The van der Waals surface area contributed by atoms with E-state index in [0.717, 1.165) is 16.8 Å². The molecule has 136 valence electrons. The van der Waals surface area contributed by atoms with E-state index in [0.29, 0.717) is 29.5 Å². The first-order valence-corrected chi connectivity index (χ1v) is 9.59. The molecule has 6 heteroatoms. The first-order valence-electron chi connectivity index (χ1n) is 8.71. The van der Waals surface area contributed by atoms with Crippen LogP contribution in [0.3, 0.4) is 0 Å². The topological polar surface area (TPSA) is 73.1 Å². The lowest BCUT2D eigenvalue weighted by Crippen LogP contribution is -2.26. The molecule has 0 spiro atoms. The summed E-state index contributed by atoms with van der Waals surface area (Å²) in [5.74, 6) is 0.502. The van der Waals surface area contributed by atoms with Crippen LogP contribution in [0.25, 0.3) is 16.8 Å². The average molecular weight is 376 g/mol.